The number of nitrogens with zero attached hydrogens (tertiary/aromatic N) is 3. The van der Waals surface area contributed by atoms with Gasteiger partial charge in [0.25, 0.3) is 5.56 Å². The fourth-order valence-corrected chi connectivity index (χ4v) is 5.10. The molecule has 0 aliphatic heterocycles. The first-order valence-electron chi connectivity index (χ1n) is 10.4. The van der Waals surface area contributed by atoms with E-state index in [1.54, 1.807) is 38.1 Å². The van der Waals surface area contributed by atoms with E-state index >= 15 is 0 Å². The van der Waals surface area contributed by atoms with Crippen LogP contribution in [0.25, 0.3) is 10.2 Å². The molecule has 1 aliphatic rings. The molecule has 2 aromatic heterocycles. The predicted octanol–water partition coefficient (Wildman–Crippen LogP) is 3.35. The highest BCUT2D eigenvalue weighted by molar-refractivity contribution is 7.18. The molecule has 2 heterocycles. The minimum atomic E-state index is -0.841. The van der Waals surface area contributed by atoms with Crippen LogP contribution in [0.2, 0.25) is 0 Å². The van der Waals surface area contributed by atoms with Crippen molar-refractivity contribution in [1.82, 2.24) is 15.0 Å². The van der Waals surface area contributed by atoms with Crippen LogP contribution < -0.4 is 10.9 Å². The smallest absolute Gasteiger partial charge is 0.338 e. The van der Waals surface area contributed by atoms with Crippen LogP contribution in [0.5, 0.6) is 0 Å². The molecule has 0 radical (unpaired) electrons. The third-order valence-corrected chi connectivity index (χ3v) is 6.70. The first-order valence-corrected chi connectivity index (χ1v) is 11.2. The Morgan fingerprint density at radius 3 is 2.77 bits per heavy atom. The van der Waals surface area contributed by atoms with Crippen molar-refractivity contribution in [2.45, 2.75) is 46.1 Å². The highest BCUT2D eigenvalue weighted by atomic mass is 32.1. The van der Waals surface area contributed by atoms with Gasteiger partial charge >= 0.3 is 5.97 Å². The van der Waals surface area contributed by atoms with Gasteiger partial charge in [-0.1, -0.05) is 12.1 Å². The number of amides is 1. The van der Waals surface area contributed by atoms with E-state index < -0.39 is 17.9 Å². The van der Waals surface area contributed by atoms with Gasteiger partial charge in [0.05, 0.1) is 17.6 Å². The van der Waals surface area contributed by atoms with Crippen molar-refractivity contribution in [3.63, 3.8) is 0 Å². The van der Waals surface area contributed by atoms with Crippen LogP contribution in [-0.4, -0.2) is 33.5 Å². The summed E-state index contributed by atoms with van der Waals surface area (Å²) >= 11 is 1.53. The molecule has 1 amide bonds. The van der Waals surface area contributed by atoms with Crippen molar-refractivity contribution in [1.29, 1.82) is 0 Å². The van der Waals surface area contributed by atoms with E-state index in [9.17, 15) is 14.4 Å². The number of hydrogen-bond acceptors (Lipinski definition) is 7. The summed E-state index contributed by atoms with van der Waals surface area (Å²) in [5, 5.41) is 11.6. The number of nitrogens with one attached hydrogen (secondary N) is 1. The maximum atomic E-state index is 13.2. The molecule has 1 aliphatic carbocycles. The Bertz CT molecular complexity index is 1200. The van der Waals surface area contributed by atoms with E-state index in [4.69, 9.17) is 4.74 Å². The molecule has 31 heavy (non-hydrogen) atoms. The Balaban J connectivity index is 1.56. The summed E-state index contributed by atoms with van der Waals surface area (Å²) in [7, 11) is 0. The van der Waals surface area contributed by atoms with Gasteiger partial charge in [-0.15, -0.1) is 16.4 Å². The highest BCUT2D eigenvalue weighted by Crippen LogP contribution is 2.35. The van der Waals surface area contributed by atoms with Gasteiger partial charge in [-0.25, -0.2) is 4.79 Å². The second-order valence-electron chi connectivity index (χ2n) is 7.83. The average Bonchev–Trinajstić information content (AvgIpc) is 3.12. The van der Waals surface area contributed by atoms with Gasteiger partial charge < -0.3 is 10.1 Å². The Morgan fingerprint density at radius 1 is 1.32 bits per heavy atom. The van der Waals surface area contributed by atoms with Gasteiger partial charge in [0, 0.05) is 10.6 Å². The molecule has 0 saturated heterocycles. The summed E-state index contributed by atoms with van der Waals surface area (Å²) in [6.07, 6.45) is 2.84. The minimum absolute atomic E-state index is 0.280. The second-order valence-corrected chi connectivity index (χ2v) is 8.92. The van der Waals surface area contributed by atoms with Gasteiger partial charge in [0.2, 0.25) is 5.91 Å². The number of carbonyl (C=O) groups excluding carboxylic acids is 2. The van der Waals surface area contributed by atoms with Gasteiger partial charge in [-0.3, -0.25) is 9.59 Å². The SMILES string of the molecule is CCOC(=O)c1ccc(NC(=O)C(C)n2nnc3sc4c(c3c2=O)CCC(C)C4)cc1. The maximum absolute atomic E-state index is 13.2. The number of anilines is 1. The largest absolute Gasteiger partial charge is 0.462 e. The number of esters is 1. The molecule has 0 spiro atoms. The van der Waals surface area contributed by atoms with E-state index in [-0.39, 0.29) is 5.56 Å². The quantitative estimate of drug-likeness (QED) is 0.610. The van der Waals surface area contributed by atoms with Crippen LogP contribution in [0, 0.1) is 5.92 Å². The maximum Gasteiger partial charge on any atom is 0.338 e. The van der Waals surface area contributed by atoms with E-state index in [1.807, 2.05) is 0 Å². The van der Waals surface area contributed by atoms with E-state index in [0.29, 0.717) is 34.0 Å². The predicted molar refractivity (Wildman–Crippen MR) is 119 cm³/mol. The standard InChI is InChI=1S/C22H24N4O4S/c1-4-30-22(29)14-6-8-15(9-7-14)23-19(27)13(3)26-21(28)18-16-10-5-12(2)11-17(16)31-20(18)24-25-26/h6-9,12-13H,4-5,10-11H2,1-3H3,(H,23,27). The van der Waals surface area contributed by atoms with E-state index in [2.05, 4.69) is 22.6 Å². The number of carbonyl (C=O) groups is 2. The van der Waals surface area contributed by atoms with Gasteiger partial charge in [0.1, 0.15) is 6.04 Å². The van der Waals surface area contributed by atoms with Crippen LogP contribution in [-0.2, 0) is 22.4 Å². The molecule has 0 saturated carbocycles. The van der Waals surface area contributed by atoms with Crippen molar-refractivity contribution in [2.24, 2.45) is 5.92 Å². The Labute approximate surface area is 183 Å². The molecule has 2 unspecified atom stereocenters. The lowest BCUT2D eigenvalue weighted by atomic mass is 9.89. The van der Waals surface area contributed by atoms with Crippen LogP contribution in [0.15, 0.2) is 29.1 Å². The Hall–Kier alpha value is -3.07. The van der Waals surface area contributed by atoms with Crippen molar-refractivity contribution < 1.29 is 14.3 Å². The Morgan fingerprint density at radius 2 is 2.06 bits per heavy atom. The molecule has 2 atom stereocenters. The molecule has 0 fully saturated rings. The zero-order valence-electron chi connectivity index (χ0n) is 17.7. The number of ether oxygens (including phenoxy) is 1. The topological polar surface area (TPSA) is 103 Å². The molecule has 0 bridgehead atoms. The molecule has 1 N–H and O–H groups in total. The monoisotopic (exact) mass is 440 g/mol. The molecule has 1 aromatic carbocycles. The zero-order valence-corrected chi connectivity index (χ0v) is 18.5. The van der Waals surface area contributed by atoms with Gasteiger partial charge in [-0.2, -0.15) is 4.68 Å². The lowest BCUT2D eigenvalue weighted by Gasteiger charge is -2.17. The lowest BCUT2D eigenvalue weighted by Crippen LogP contribution is -2.34. The number of benzene rings is 1. The minimum Gasteiger partial charge on any atom is -0.462 e. The normalized spacial score (nSPS) is 16.5. The Kier molecular flexibility index (Phi) is 5.86. The van der Waals surface area contributed by atoms with Crippen molar-refractivity contribution in [3.05, 3.63) is 50.6 Å². The number of hydrogen-bond donors (Lipinski definition) is 1. The van der Waals surface area contributed by atoms with Gasteiger partial charge in [0.15, 0.2) is 4.83 Å². The number of aryl methyl sites for hydroxylation is 1. The van der Waals surface area contributed by atoms with Crippen LogP contribution in [0.4, 0.5) is 5.69 Å². The first kappa shape index (κ1) is 21.2. The van der Waals surface area contributed by atoms with Crippen LogP contribution in [0.3, 0.4) is 0 Å². The zero-order chi connectivity index (χ0) is 22.1. The summed E-state index contributed by atoms with van der Waals surface area (Å²) in [6.45, 7) is 5.86. The fourth-order valence-electron chi connectivity index (χ4n) is 3.79. The van der Waals surface area contributed by atoms with Gasteiger partial charge in [-0.05, 0) is 68.9 Å². The number of thiophene rings is 1. The summed E-state index contributed by atoms with van der Waals surface area (Å²) in [5.74, 6) is -0.217. The summed E-state index contributed by atoms with van der Waals surface area (Å²) < 4.78 is 6.10. The van der Waals surface area contributed by atoms with Crippen LogP contribution >= 0.6 is 11.3 Å². The molecular formula is C22H24N4O4S. The summed E-state index contributed by atoms with van der Waals surface area (Å²) in [4.78, 5) is 39.5. The molecule has 4 rings (SSSR count). The van der Waals surface area contributed by atoms with Crippen molar-refractivity contribution in [3.8, 4) is 0 Å². The molecular weight excluding hydrogens is 416 g/mol. The lowest BCUT2D eigenvalue weighted by molar-refractivity contribution is -0.119. The number of rotatable bonds is 5. The number of fused-ring (bicyclic) bond motifs is 3. The average molecular weight is 441 g/mol. The fraction of sp³-hybridized carbons (Fsp3) is 0.409. The van der Waals surface area contributed by atoms with Crippen LogP contribution in [0.1, 0.15) is 54.0 Å². The van der Waals surface area contributed by atoms with E-state index in [1.165, 1.54) is 16.2 Å². The summed E-state index contributed by atoms with van der Waals surface area (Å²) in [6, 6.07) is 5.55. The van der Waals surface area contributed by atoms with Crippen molar-refractivity contribution >= 4 is 39.1 Å². The third-order valence-electron chi connectivity index (χ3n) is 5.56. The third kappa shape index (κ3) is 4.10. The van der Waals surface area contributed by atoms with E-state index in [0.717, 1.165) is 29.5 Å². The number of aromatic nitrogens is 3. The first-order chi connectivity index (χ1) is 14.9. The molecule has 3 aromatic rings. The molecule has 8 nitrogen and oxygen atoms in total. The highest BCUT2D eigenvalue weighted by Gasteiger charge is 2.26. The summed E-state index contributed by atoms with van der Waals surface area (Å²) in [5.41, 5.74) is 1.69. The van der Waals surface area contributed by atoms with Crippen molar-refractivity contribution in [2.75, 3.05) is 11.9 Å². The second kappa shape index (κ2) is 8.58. The molecule has 162 valence electrons. The molecule has 9 heteroatoms.